The number of aliphatic hydroxyl groups is 1. The molecule has 0 aromatic heterocycles. The molecule has 0 spiro atoms. The number of hydrogen-bond acceptors (Lipinski definition) is 2. The van der Waals surface area contributed by atoms with Crippen molar-refractivity contribution >= 4 is 11.8 Å². The zero-order valence-corrected chi connectivity index (χ0v) is 10.8. The highest BCUT2D eigenvalue weighted by Gasteiger charge is 2.09. The summed E-state index contributed by atoms with van der Waals surface area (Å²) in [6.07, 6.45) is -0.235. The quantitative estimate of drug-likeness (QED) is 0.846. The van der Waals surface area contributed by atoms with Gasteiger partial charge >= 0.3 is 0 Å². The Balaban J connectivity index is 2.57. The van der Waals surface area contributed by atoms with Crippen molar-refractivity contribution in [3.05, 3.63) is 34.9 Å². The number of aliphatic hydroxyl groups excluding tert-OH is 1. The molecule has 0 heterocycles. The fourth-order valence-corrected chi connectivity index (χ4v) is 2.42. The van der Waals surface area contributed by atoms with Crippen LogP contribution >= 0.6 is 11.8 Å². The average Bonchev–Trinajstić information content (AvgIpc) is 2.12. The first kappa shape index (κ1) is 12.6. The Hall–Kier alpha value is -0.470. The maximum atomic E-state index is 9.39. The van der Waals surface area contributed by atoms with Crippen LogP contribution in [0.5, 0.6) is 0 Å². The van der Waals surface area contributed by atoms with Crippen molar-refractivity contribution in [3.8, 4) is 0 Å². The minimum Gasteiger partial charge on any atom is -0.392 e. The standard InChI is InChI=1S/C13H20OS/c1-9-5-10(2)7-13(6-9)8-15-12(4)11(3)14/h5-7,11-12,14H,8H2,1-4H3. The highest BCUT2D eigenvalue weighted by molar-refractivity contribution is 7.99. The molecule has 1 aromatic carbocycles. The second-order valence-corrected chi connectivity index (χ2v) is 5.62. The lowest BCUT2D eigenvalue weighted by atomic mass is 10.1. The molecule has 15 heavy (non-hydrogen) atoms. The van der Waals surface area contributed by atoms with Gasteiger partial charge in [-0.25, -0.2) is 0 Å². The molecule has 0 aliphatic heterocycles. The maximum Gasteiger partial charge on any atom is 0.0628 e. The van der Waals surface area contributed by atoms with Gasteiger partial charge < -0.3 is 5.11 Å². The van der Waals surface area contributed by atoms with Gasteiger partial charge in [-0.05, 0) is 26.3 Å². The summed E-state index contributed by atoms with van der Waals surface area (Å²) in [6, 6.07) is 6.62. The van der Waals surface area contributed by atoms with E-state index in [-0.39, 0.29) is 6.10 Å². The van der Waals surface area contributed by atoms with E-state index in [0.717, 1.165) is 5.75 Å². The first-order chi connectivity index (χ1) is 6.99. The van der Waals surface area contributed by atoms with Gasteiger partial charge in [0.25, 0.3) is 0 Å². The van der Waals surface area contributed by atoms with Crippen LogP contribution in [0.4, 0.5) is 0 Å². The molecule has 2 heteroatoms. The summed E-state index contributed by atoms with van der Waals surface area (Å²) in [6.45, 7) is 8.16. The van der Waals surface area contributed by atoms with E-state index in [9.17, 15) is 5.11 Å². The van der Waals surface area contributed by atoms with Gasteiger partial charge in [0, 0.05) is 11.0 Å². The molecule has 0 amide bonds. The van der Waals surface area contributed by atoms with Crippen LogP contribution in [-0.2, 0) is 5.75 Å². The topological polar surface area (TPSA) is 20.2 Å². The first-order valence-corrected chi connectivity index (χ1v) is 6.40. The summed E-state index contributed by atoms with van der Waals surface area (Å²) in [5.41, 5.74) is 3.98. The molecule has 0 saturated heterocycles. The van der Waals surface area contributed by atoms with Crippen molar-refractivity contribution in [1.29, 1.82) is 0 Å². The van der Waals surface area contributed by atoms with Gasteiger partial charge in [-0.2, -0.15) is 11.8 Å². The molecule has 1 nitrogen and oxygen atoms in total. The van der Waals surface area contributed by atoms with Crippen LogP contribution in [-0.4, -0.2) is 16.5 Å². The Kier molecular flexibility index (Phi) is 4.68. The van der Waals surface area contributed by atoms with Crippen LogP contribution < -0.4 is 0 Å². The molecule has 0 fully saturated rings. The number of benzene rings is 1. The summed E-state index contributed by atoms with van der Waals surface area (Å²) in [5.74, 6) is 0.981. The van der Waals surface area contributed by atoms with Crippen LogP contribution in [0.3, 0.4) is 0 Å². The van der Waals surface area contributed by atoms with E-state index in [1.165, 1.54) is 16.7 Å². The Morgan fingerprint density at radius 1 is 1.13 bits per heavy atom. The smallest absolute Gasteiger partial charge is 0.0628 e. The van der Waals surface area contributed by atoms with E-state index < -0.39 is 0 Å². The third-order valence-corrected chi connectivity index (χ3v) is 3.89. The highest BCUT2D eigenvalue weighted by atomic mass is 32.2. The van der Waals surface area contributed by atoms with Gasteiger partial charge in [-0.15, -0.1) is 0 Å². The van der Waals surface area contributed by atoms with Crippen molar-refractivity contribution in [2.45, 2.75) is 44.8 Å². The summed E-state index contributed by atoms with van der Waals surface area (Å²) < 4.78 is 0. The van der Waals surface area contributed by atoms with Gasteiger partial charge in [0.1, 0.15) is 0 Å². The van der Waals surface area contributed by atoms with Crippen LogP contribution in [0, 0.1) is 13.8 Å². The number of rotatable bonds is 4. The van der Waals surface area contributed by atoms with Crippen LogP contribution in [0.2, 0.25) is 0 Å². The zero-order chi connectivity index (χ0) is 11.4. The van der Waals surface area contributed by atoms with Crippen molar-refractivity contribution in [2.75, 3.05) is 0 Å². The van der Waals surface area contributed by atoms with Crippen molar-refractivity contribution < 1.29 is 5.11 Å². The minimum absolute atomic E-state index is 0.235. The zero-order valence-electron chi connectivity index (χ0n) is 9.95. The number of hydrogen-bond donors (Lipinski definition) is 1. The molecule has 0 saturated carbocycles. The van der Waals surface area contributed by atoms with Gasteiger partial charge in [-0.1, -0.05) is 36.2 Å². The van der Waals surface area contributed by atoms with Crippen molar-refractivity contribution in [3.63, 3.8) is 0 Å². The Morgan fingerprint density at radius 2 is 1.67 bits per heavy atom. The summed E-state index contributed by atoms with van der Waals surface area (Å²) in [5, 5.41) is 9.68. The van der Waals surface area contributed by atoms with Crippen LogP contribution in [0.1, 0.15) is 30.5 Å². The monoisotopic (exact) mass is 224 g/mol. The van der Waals surface area contributed by atoms with E-state index in [0.29, 0.717) is 5.25 Å². The van der Waals surface area contributed by atoms with Crippen LogP contribution in [0.15, 0.2) is 18.2 Å². The van der Waals surface area contributed by atoms with E-state index in [1.807, 2.05) is 6.92 Å². The van der Waals surface area contributed by atoms with E-state index in [1.54, 1.807) is 11.8 Å². The molecule has 0 aliphatic carbocycles. The van der Waals surface area contributed by atoms with E-state index >= 15 is 0 Å². The molecule has 2 atom stereocenters. The lowest BCUT2D eigenvalue weighted by Crippen LogP contribution is -2.15. The summed E-state index contributed by atoms with van der Waals surface area (Å²) >= 11 is 1.80. The predicted octanol–water partition coefficient (Wildman–Crippen LogP) is 3.31. The molecule has 0 aliphatic rings. The fraction of sp³-hybridized carbons (Fsp3) is 0.538. The minimum atomic E-state index is -0.235. The molecular weight excluding hydrogens is 204 g/mol. The van der Waals surface area contributed by atoms with Crippen LogP contribution in [0.25, 0.3) is 0 Å². The second kappa shape index (κ2) is 5.57. The third-order valence-electron chi connectivity index (χ3n) is 2.47. The lowest BCUT2D eigenvalue weighted by Gasteiger charge is -2.14. The van der Waals surface area contributed by atoms with Crippen molar-refractivity contribution in [2.24, 2.45) is 0 Å². The molecule has 1 rings (SSSR count). The fourth-order valence-electron chi connectivity index (χ4n) is 1.52. The first-order valence-electron chi connectivity index (χ1n) is 5.36. The lowest BCUT2D eigenvalue weighted by molar-refractivity contribution is 0.196. The van der Waals surface area contributed by atoms with Gasteiger partial charge in [0.05, 0.1) is 6.10 Å². The average molecular weight is 224 g/mol. The Labute approximate surface area is 96.9 Å². The van der Waals surface area contributed by atoms with Gasteiger partial charge in [0.15, 0.2) is 0 Å². The molecule has 1 N–H and O–H groups in total. The molecule has 0 radical (unpaired) electrons. The van der Waals surface area contributed by atoms with Gasteiger partial charge in [-0.3, -0.25) is 0 Å². The van der Waals surface area contributed by atoms with Gasteiger partial charge in [0.2, 0.25) is 0 Å². The molecule has 1 aromatic rings. The normalized spacial score (nSPS) is 15.0. The molecule has 2 unspecified atom stereocenters. The number of thioether (sulfide) groups is 1. The Morgan fingerprint density at radius 3 is 2.13 bits per heavy atom. The summed E-state index contributed by atoms with van der Waals surface area (Å²) in [7, 11) is 0. The molecule has 0 bridgehead atoms. The third kappa shape index (κ3) is 4.27. The van der Waals surface area contributed by atoms with E-state index in [4.69, 9.17) is 0 Å². The largest absolute Gasteiger partial charge is 0.392 e. The van der Waals surface area contributed by atoms with Crippen molar-refractivity contribution in [1.82, 2.24) is 0 Å². The highest BCUT2D eigenvalue weighted by Crippen LogP contribution is 2.21. The maximum absolute atomic E-state index is 9.39. The SMILES string of the molecule is Cc1cc(C)cc(CSC(C)C(C)O)c1. The number of aryl methyl sites for hydroxylation is 2. The molecular formula is C13H20OS. The van der Waals surface area contributed by atoms with E-state index in [2.05, 4.69) is 39.0 Å². The second-order valence-electron chi connectivity index (χ2n) is 4.25. The Bertz CT molecular complexity index is 300. The summed E-state index contributed by atoms with van der Waals surface area (Å²) in [4.78, 5) is 0. The molecule has 84 valence electrons. The predicted molar refractivity (Wildman–Crippen MR) is 68.4 cm³/mol.